The number of aliphatic hydroxyl groups excluding tert-OH is 1. The zero-order chi connectivity index (χ0) is 15.3. The maximum absolute atomic E-state index is 9.99. The Hall–Kier alpha value is -1.26. The van der Waals surface area contributed by atoms with Crippen molar-refractivity contribution >= 4 is 0 Å². The Bertz CT molecular complexity index is 430. The number of aliphatic hydroxyl groups is 1. The van der Waals surface area contributed by atoms with Crippen molar-refractivity contribution in [3.05, 3.63) is 24.3 Å². The van der Waals surface area contributed by atoms with Gasteiger partial charge in [0.15, 0.2) is 0 Å². The van der Waals surface area contributed by atoms with E-state index >= 15 is 0 Å². The van der Waals surface area contributed by atoms with Gasteiger partial charge in [0.25, 0.3) is 0 Å². The molecule has 0 aromatic heterocycles. The first kappa shape index (κ1) is 16.1. The first-order valence-corrected chi connectivity index (χ1v) is 7.67. The Balaban J connectivity index is 1.66. The smallest absolute Gasteiger partial charge is 0.119 e. The average molecular weight is 293 g/mol. The van der Waals surface area contributed by atoms with Gasteiger partial charge in [0, 0.05) is 12.6 Å². The van der Waals surface area contributed by atoms with E-state index in [-0.39, 0.29) is 0 Å². The number of nitrogens with one attached hydrogen (secondary N) is 1. The summed E-state index contributed by atoms with van der Waals surface area (Å²) in [5.74, 6) is 1.55. The lowest BCUT2D eigenvalue weighted by atomic mass is 9.92. The molecule has 0 heterocycles. The molecule has 4 nitrogen and oxygen atoms in total. The van der Waals surface area contributed by atoms with Crippen molar-refractivity contribution < 1.29 is 14.6 Å². The van der Waals surface area contributed by atoms with Crippen LogP contribution in [0, 0.1) is 5.41 Å². The molecule has 0 amide bonds. The van der Waals surface area contributed by atoms with E-state index in [1.807, 2.05) is 24.3 Å². The monoisotopic (exact) mass is 293 g/mol. The number of rotatable bonds is 7. The van der Waals surface area contributed by atoms with Gasteiger partial charge in [0.05, 0.1) is 7.11 Å². The summed E-state index contributed by atoms with van der Waals surface area (Å²) >= 11 is 0. The topological polar surface area (TPSA) is 50.7 Å². The molecule has 0 aliphatic heterocycles. The van der Waals surface area contributed by atoms with Crippen molar-refractivity contribution in [2.45, 2.75) is 45.3 Å². The highest BCUT2D eigenvalue weighted by Gasteiger charge is 2.30. The van der Waals surface area contributed by atoms with Crippen LogP contribution in [0.1, 0.15) is 33.1 Å². The normalized spacial score (nSPS) is 22.0. The minimum atomic E-state index is -0.490. The minimum absolute atomic E-state index is 0.301. The van der Waals surface area contributed by atoms with Crippen LogP contribution < -0.4 is 14.8 Å². The van der Waals surface area contributed by atoms with E-state index in [1.54, 1.807) is 7.11 Å². The first-order valence-electron chi connectivity index (χ1n) is 7.67. The van der Waals surface area contributed by atoms with Gasteiger partial charge < -0.3 is 19.9 Å². The van der Waals surface area contributed by atoms with Crippen molar-refractivity contribution in [2.24, 2.45) is 5.41 Å². The largest absolute Gasteiger partial charge is 0.497 e. The van der Waals surface area contributed by atoms with E-state index in [1.165, 1.54) is 19.3 Å². The Labute approximate surface area is 127 Å². The van der Waals surface area contributed by atoms with Crippen molar-refractivity contribution in [2.75, 3.05) is 20.3 Å². The molecule has 1 aromatic rings. The van der Waals surface area contributed by atoms with Crippen LogP contribution in [0.4, 0.5) is 0 Å². The quantitative estimate of drug-likeness (QED) is 0.811. The number of ether oxygens (including phenoxy) is 2. The van der Waals surface area contributed by atoms with Gasteiger partial charge in [-0.1, -0.05) is 13.8 Å². The summed E-state index contributed by atoms with van der Waals surface area (Å²) in [7, 11) is 1.63. The lowest BCUT2D eigenvalue weighted by Gasteiger charge is -2.19. The van der Waals surface area contributed by atoms with Crippen LogP contribution in [0.3, 0.4) is 0 Å². The maximum Gasteiger partial charge on any atom is 0.119 e. The molecule has 0 radical (unpaired) electrons. The van der Waals surface area contributed by atoms with E-state index in [0.29, 0.717) is 24.6 Å². The molecule has 2 rings (SSSR count). The lowest BCUT2D eigenvalue weighted by molar-refractivity contribution is 0.103. The molecule has 0 bridgehead atoms. The number of benzene rings is 1. The molecule has 1 aliphatic carbocycles. The predicted octanol–water partition coefficient (Wildman–Crippen LogP) is 2.60. The number of hydrogen-bond donors (Lipinski definition) is 2. The molecule has 118 valence electrons. The van der Waals surface area contributed by atoms with Crippen LogP contribution >= 0.6 is 0 Å². The van der Waals surface area contributed by atoms with Gasteiger partial charge >= 0.3 is 0 Å². The Kier molecular flexibility index (Phi) is 5.48. The van der Waals surface area contributed by atoms with Gasteiger partial charge in [-0.05, 0) is 48.9 Å². The summed E-state index contributed by atoms with van der Waals surface area (Å²) in [6.07, 6.45) is 3.14. The van der Waals surface area contributed by atoms with Crippen molar-refractivity contribution in [3.8, 4) is 11.5 Å². The summed E-state index contributed by atoms with van der Waals surface area (Å²) in [6.45, 7) is 5.49. The fourth-order valence-electron chi connectivity index (χ4n) is 2.84. The molecule has 2 N–H and O–H groups in total. The molecule has 21 heavy (non-hydrogen) atoms. The molecule has 0 saturated heterocycles. The summed E-state index contributed by atoms with van der Waals surface area (Å²) in [4.78, 5) is 0. The Morgan fingerprint density at radius 1 is 1.29 bits per heavy atom. The molecule has 1 aromatic carbocycles. The predicted molar refractivity (Wildman–Crippen MR) is 83.9 cm³/mol. The second-order valence-corrected chi connectivity index (χ2v) is 6.65. The summed E-state index contributed by atoms with van der Waals surface area (Å²) in [6, 6.07) is 7.91. The molecule has 1 saturated carbocycles. The fourth-order valence-corrected chi connectivity index (χ4v) is 2.84. The summed E-state index contributed by atoms with van der Waals surface area (Å²) < 4.78 is 10.7. The van der Waals surface area contributed by atoms with Crippen molar-refractivity contribution in [1.82, 2.24) is 5.32 Å². The molecule has 2 unspecified atom stereocenters. The average Bonchev–Trinajstić information content (AvgIpc) is 2.83. The zero-order valence-electron chi connectivity index (χ0n) is 13.3. The van der Waals surface area contributed by atoms with Crippen LogP contribution in [-0.2, 0) is 0 Å². The Morgan fingerprint density at radius 3 is 2.52 bits per heavy atom. The zero-order valence-corrected chi connectivity index (χ0v) is 13.3. The minimum Gasteiger partial charge on any atom is -0.497 e. The van der Waals surface area contributed by atoms with E-state index < -0.39 is 6.10 Å². The standard InChI is InChI=1S/C17H27NO3/c1-17(2)9-8-13(10-17)18-11-14(19)12-21-16-6-4-15(20-3)5-7-16/h4-7,13-14,18-19H,8-12H2,1-3H3. The SMILES string of the molecule is COc1ccc(OCC(O)CNC2CCC(C)(C)C2)cc1. The molecule has 2 atom stereocenters. The number of methoxy groups -OCH3 is 1. The Morgan fingerprint density at radius 2 is 1.95 bits per heavy atom. The highest BCUT2D eigenvalue weighted by molar-refractivity contribution is 5.31. The van der Waals surface area contributed by atoms with Crippen LogP contribution in [0.2, 0.25) is 0 Å². The van der Waals surface area contributed by atoms with E-state index in [9.17, 15) is 5.11 Å². The third-order valence-corrected chi connectivity index (χ3v) is 4.11. The third kappa shape index (κ3) is 5.21. The van der Waals surface area contributed by atoms with Gasteiger partial charge in [0.2, 0.25) is 0 Å². The molecule has 1 aliphatic rings. The summed E-state index contributed by atoms with van der Waals surface area (Å²) in [5.41, 5.74) is 0.433. The second kappa shape index (κ2) is 7.14. The van der Waals surface area contributed by atoms with Crippen molar-refractivity contribution in [1.29, 1.82) is 0 Å². The van der Waals surface area contributed by atoms with E-state index in [2.05, 4.69) is 19.2 Å². The first-order chi connectivity index (χ1) is 9.98. The van der Waals surface area contributed by atoms with Gasteiger partial charge in [-0.3, -0.25) is 0 Å². The fraction of sp³-hybridized carbons (Fsp3) is 0.647. The molecular formula is C17H27NO3. The molecule has 0 spiro atoms. The molecule has 4 heteroatoms. The molecule has 1 fully saturated rings. The van der Waals surface area contributed by atoms with Crippen LogP contribution in [0.5, 0.6) is 11.5 Å². The second-order valence-electron chi connectivity index (χ2n) is 6.65. The maximum atomic E-state index is 9.99. The van der Waals surface area contributed by atoms with E-state index in [4.69, 9.17) is 9.47 Å². The van der Waals surface area contributed by atoms with Gasteiger partial charge in [-0.25, -0.2) is 0 Å². The van der Waals surface area contributed by atoms with Crippen LogP contribution in [0.25, 0.3) is 0 Å². The van der Waals surface area contributed by atoms with Gasteiger partial charge in [0.1, 0.15) is 24.2 Å². The molecular weight excluding hydrogens is 266 g/mol. The van der Waals surface area contributed by atoms with Crippen LogP contribution in [-0.4, -0.2) is 37.5 Å². The lowest BCUT2D eigenvalue weighted by Crippen LogP contribution is -2.37. The van der Waals surface area contributed by atoms with Gasteiger partial charge in [-0.15, -0.1) is 0 Å². The highest BCUT2D eigenvalue weighted by atomic mass is 16.5. The highest BCUT2D eigenvalue weighted by Crippen LogP contribution is 2.36. The van der Waals surface area contributed by atoms with E-state index in [0.717, 1.165) is 11.5 Å². The van der Waals surface area contributed by atoms with Crippen molar-refractivity contribution in [3.63, 3.8) is 0 Å². The third-order valence-electron chi connectivity index (χ3n) is 4.11. The number of hydrogen-bond acceptors (Lipinski definition) is 4. The van der Waals surface area contributed by atoms with Crippen LogP contribution in [0.15, 0.2) is 24.3 Å². The summed E-state index contributed by atoms with van der Waals surface area (Å²) in [5, 5.41) is 13.4. The van der Waals surface area contributed by atoms with Gasteiger partial charge in [-0.2, -0.15) is 0 Å².